The molecule has 84 valence electrons. The van der Waals surface area contributed by atoms with Crippen molar-refractivity contribution in [2.75, 3.05) is 25.9 Å². The number of hydrogen-bond acceptors (Lipinski definition) is 3. The molecule has 0 spiro atoms. The Morgan fingerprint density at radius 3 is 3.00 bits per heavy atom. The van der Waals surface area contributed by atoms with Gasteiger partial charge in [0.2, 0.25) is 0 Å². The Labute approximate surface area is 91.1 Å². The number of nitrogens with two attached hydrogens (primary N) is 1. The smallest absolute Gasteiger partial charge is 0.145 e. The molecular formula is C11H20N4. The van der Waals surface area contributed by atoms with Crippen LogP contribution in [-0.2, 0) is 6.54 Å². The van der Waals surface area contributed by atoms with Crippen LogP contribution in [0.25, 0.3) is 0 Å². The van der Waals surface area contributed by atoms with Gasteiger partial charge in [-0.1, -0.05) is 0 Å². The molecule has 0 aliphatic heterocycles. The summed E-state index contributed by atoms with van der Waals surface area (Å²) in [5.41, 5.74) is 5.54. The summed E-state index contributed by atoms with van der Waals surface area (Å²) in [6.45, 7) is 3.38. The molecular weight excluding hydrogens is 188 g/mol. The van der Waals surface area contributed by atoms with E-state index in [0.717, 1.165) is 25.4 Å². The van der Waals surface area contributed by atoms with Gasteiger partial charge in [0.25, 0.3) is 0 Å². The van der Waals surface area contributed by atoms with Crippen molar-refractivity contribution >= 4 is 5.82 Å². The molecule has 2 rings (SSSR count). The first-order valence-electron chi connectivity index (χ1n) is 5.71. The third-order valence-corrected chi connectivity index (χ3v) is 2.86. The van der Waals surface area contributed by atoms with Crippen LogP contribution >= 0.6 is 0 Å². The molecule has 1 aliphatic carbocycles. The highest BCUT2D eigenvalue weighted by atomic mass is 15.3. The van der Waals surface area contributed by atoms with Gasteiger partial charge in [0, 0.05) is 19.3 Å². The lowest BCUT2D eigenvalue weighted by molar-refractivity contribution is 0.306. The molecule has 1 fully saturated rings. The number of nitrogens with zero attached hydrogens (tertiary/aromatic N) is 3. The first kappa shape index (κ1) is 10.5. The second-order valence-corrected chi connectivity index (χ2v) is 4.56. The lowest BCUT2D eigenvalue weighted by Crippen LogP contribution is -2.23. The Hall–Kier alpha value is -1.03. The summed E-state index contributed by atoms with van der Waals surface area (Å²) in [7, 11) is 2.20. The van der Waals surface area contributed by atoms with E-state index in [0.29, 0.717) is 5.82 Å². The molecule has 2 N–H and O–H groups in total. The van der Waals surface area contributed by atoms with E-state index in [1.807, 2.05) is 16.9 Å². The molecule has 0 aromatic carbocycles. The fourth-order valence-electron chi connectivity index (χ4n) is 1.84. The molecule has 0 radical (unpaired) electrons. The minimum Gasteiger partial charge on any atom is -0.382 e. The Morgan fingerprint density at radius 1 is 1.60 bits per heavy atom. The number of aromatic nitrogens is 2. The van der Waals surface area contributed by atoms with Gasteiger partial charge in [0.1, 0.15) is 5.82 Å². The van der Waals surface area contributed by atoms with E-state index in [2.05, 4.69) is 17.0 Å². The maximum atomic E-state index is 5.54. The Morgan fingerprint density at radius 2 is 2.40 bits per heavy atom. The van der Waals surface area contributed by atoms with Crippen LogP contribution in [0.5, 0.6) is 0 Å². The molecule has 15 heavy (non-hydrogen) atoms. The van der Waals surface area contributed by atoms with Crippen LogP contribution < -0.4 is 5.73 Å². The van der Waals surface area contributed by atoms with Crippen molar-refractivity contribution in [3.8, 4) is 0 Å². The van der Waals surface area contributed by atoms with Crippen molar-refractivity contribution < 1.29 is 0 Å². The predicted octanol–water partition coefficient (Wildman–Crippen LogP) is 1.20. The largest absolute Gasteiger partial charge is 0.382 e. The van der Waals surface area contributed by atoms with Crippen LogP contribution in [0.3, 0.4) is 0 Å². The van der Waals surface area contributed by atoms with Gasteiger partial charge < -0.3 is 10.6 Å². The van der Waals surface area contributed by atoms with Gasteiger partial charge >= 0.3 is 0 Å². The zero-order valence-electron chi connectivity index (χ0n) is 9.39. The summed E-state index contributed by atoms with van der Waals surface area (Å²) in [5, 5.41) is 4.16. The summed E-state index contributed by atoms with van der Waals surface area (Å²) in [6, 6.07) is 1.84. The van der Waals surface area contributed by atoms with Crippen molar-refractivity contribution in [3.05, 3.63) is 12.3 Å². The highest BCUT2D eigenvalue weighted by molar-refractivity contribution is 5.23. The third-order valence-electron chi connectivity index (χ3n) is 2.86. The highest BCUT2D eigenvalue weighted by Crippen LogP contribution is 2.29. The molecule has 4 nitrogen and oxygen atoms in total. The van der Waals surface area contributed by atoms with E-state index in [9.17, 15) is 0 Å². The molecule has 4 heteroatoms. The van der Waals surface area contributed by atoms with E-state index < -0.39 is 0 Å². The van der Waals surface area contributed by atoms with Gasteiger partial charge in [-0.05, 0) is 44.8 Å². The van der Waals surface area contributed by atoms with Crippen molar-refractivity contribution in [1.29, 1.82) is 0 Å². The number of aryl methyl sites for hydroxylation is 1. The lowest BCUT2D eigenvalue weighted by atomic mass is 10.3. The second-order valence-electron chi connectivity index (χ2n) is 4.56. The molecule has 0 unspecified atom stereocenters. The molecule has 1 saturated carbocycles. The molecule has 1 aliphatic rings. The summed E-state index contributed by atoms with van der Waals surface area (Å²) >= 11 is 0. The molecule has 0 atom stereocenters. The van der Waals surface area contributed by atoms with Crippen molar-refractivity contribution in [2.24, 2.45) is 5.92 Å². The zero-order chi connectivity index (χ0) is 10.7. The molecule has 0 bridgehead atoms. The fourth-order valence-corrected chi connectivity index (χ4v) is 1.84. The van der Waals surface area contributed by atoms with Crippen LogP contribution in [-0.4, -0.2) is 34.8 Å². The number of hydrogen-bond donors (Lipinski definition) is 1. The Balaban J connectivity index is 1.61. The molecule has 1 aromatic heterocycles. The summed E-state index contributed by atoms with van der Waals surface area (Å²) in [6.07, 6.45) is 5.95. The average Bonchev–Trinajstić information content (AvgIpc) is 2.89. The van der Waals surface area contributed by atoms with Gasteiger partial charge in [-0.15, -0.1) is 0 Å². The van der Waals surface area contributed by atoms with E-state index >= 15 is 0 Å². The first-order chi connectivity index (χ1) is 7.24. The minimum absolute atomic E-state index is 0.612. The summed E-state index contributed by atoms with van der Waals surface area (Å²) < 4.78 is 1.92. The van der Waals surface area contributed by atoms with Crippen molar-refractivity contribution in [2.45, 2.75) is 25.8 Å². The van der Waals surface area contributed by atoms with Crippen LogP contribution in [0.4, 0.5) is 5.82 Å². The SMILES string of the molecule is CN(CCCn1ccc(N)n1)CC1CC1. The molecule has 0 saturated heterocycles. The quantitative estimate of drug-likeness (QED) is 0.764. The van der Waals surface area contributed by atoms with E-state index in [1.165, 1.54) is 19.4 Å². The van der Waals surface area contributed by atoms with Gasteiger partial charge in [-0.25, -0.2) is 0 Å². The van der Waals surface area contributed by atoms with Crippen molar-refractivity contribution in [3.63, 3.8) is 0 Å². The van der Waals surface area contributed by atoms with Gasteiger partial charge in [0.15, 0.2) is 0 Å². The van der Waals surface area contributed by atoms with Crippen LogP contribution in [0.15, 0.2) is 12.3 Å². The van der Waals surface area contributed by atoms with Gasteiger partial charge in [-0.3, -0.25) is 4.68 Å². The first-order valence-corrected chi connectivity index (χ1v) is 5.71. The fraction of sp³-hybridized carbons (Fsp3) is 0.727. The maximum Gasteiger partial charge on any atom is 0.145 e. The van der Waals surface area contributed by atoms with Crippen LogP contribution in [0.1, 0.15) is 19.3 Å². The van der Waals surface area contributed by atoms with Gasteiger partial charge in [0.05, 0.1) is 0 Å². The Kier molecular flexibility index (Phi) is 3.26. The molecule has 0 amide bonds. The van der Waals surface area contributed by atoms with E-state index in [1.54, 1.807) is 0 Å². The van der Waals surface area contributed by atoms with Gasteiger partial charge in [-0.2, -0.15) is 5.10 Å². The summed E-state index contributed by atoms with van der Waals surface area (Å²) in [5.74, 6) is 1.59. The number of nitrogen functional groups attached to an aromatic ring is 1. The molecule has 1 aromatic rings. The van der Waals surface area contributed by atoms with Crippen LogP contribution in [0.2, 0.25) is 0 Å². The normalized spacial score (nSPS) is 16.1. The highest BCUT2D eigenvalue weighted by Gasteiger charge is 2.22. The van der Waals surface area contributed by atoms with E-state index in [4.69, 9.17) is 5.73 Å². The lowest BCUT2D eigenvalue weighted by Gasteiger charge is -2.15. The van der Waals surface area contributed by atoms with E-state index in [-0.39, 0.29) is 0 Å². The number of anilines is 1. The molecule has 1 heterocycles. The monoisotopic (exact) mass is 208 g/mol. The van der Waals surface area contributed by atoms with Crippen LogP contribution in [0, 0.1) is 5.92 Å². The maximum absolute atomic E-state index is 5.54. The average molecular weight is 208 g/mol. The topological polar surface area (TPSA) is 47.1 Å². The second kappa shape index (κ2) is 4.66. The van der Waals surface area contributed by atoms with Crippen molar-refractivity contribution in [1.82, 2.24) is 14.7 Å². The summed E-state index contributed by atoms with van der Waals surface area (Å²) in [4.78, 5) is 2.42. The minimum atomic E-state index is 0.612. The zero-order valence-corrected chi connectivity index (χ0v) is 9.39. The number of rotatable bonds is 6. The third kappa shape index (κ3) is 3.55. The predicted molar refractivity (Wildman–Crippen MR) is 61.5 cm³/mol. The Bertz CT molecular complexity index is 303. The standard InChI is InChI=1S/C11H20N4/c1-14(9-10-3-4-10)6-2-7-15-8-5-11(12)13-15/h5,8,10H,2-4,6-7,9H2,1H3,(H2,12,13).